The summed E-state index contributed by atoms with van der Waals surface area (Å²) in [6.07, 6.45) is 4.37. The number of anilines is 1. The van der Waals surface area contributed by atoms with Crippen molar-refractivity contribution in [2.45, 2.75) is 55.4 Å². The zero-order chi connectivity index (χ0) is 40.4. The minimum atomic E-state index is -1.04. The minimum Gasteiger partial charge on any atom is -0.481 e. The lowest BCUT2D eigenvalue weighted by Crippen LogP contribution is -2.48. The highest BCUT2D eigenvalue weighted by molar-refractivity contribution is 8.00. The Labute approximate surface area is 345 Å². The summed E-state index contributed by atoms with van der Waals surface area (Å²) >= 11 is 1.71. The Kier molecular flexibility index (Phi) is 15.3. The van der Waals surface area contributed by atoms with E-state index in [4.69, 9.17) is 0 Å². The van der Waals surface area contributed by atoms with Crippen molar-refractivity contribution in [1.29, 1.82) is 0 Å². The van der Waals surface area contributed by atoms with E-state index in [0.29, 0.717) is 24.2 Å². The van der Waals surface area contributed by atoms with E-state index in [9.17, 15) is 19.5 Å². The zero-order valence-corrected chi connectivity index (χ0v) is 33.3. The molecule has 1 unspecified atom stereocenters. The number of carbonyl (C=O) groups is 3. The van der Waals surface area contributed by atoms with Crippen LogP contribution in [0, 0.1) is 0 Å². The molecule has 5 aromatic carbocycles. The fourth-order valence-corrected chi connectivity index (χ4v) is 8.71. The number of hydrogen-bond donors (Lipinski definition) is 4. The number of benzene rings is 5. The first kappa shape index (κ1) is 41.4. The highest BCUT2D eigenvalue weighted by Gasteiger charge is 2.37. The third kappa shape index (κ3) is 11.4. The van der Waals surface area contributed by atoms with Crippen LogP contribution in [0.1, 0.15) is 66.8 Å². The summed E-state index contributed by atoms with van der Waals surface area (Å²) in [6.45, 7) is 0.740. The summed E-state index contributed by atoms with van der Waals surface area (Å²) in [5.41, 5.74) is 5.99. The fraction of sp³-hybridized carbons (Fsp3) is 0.224. The van der Waals surface area contributed by atoms with Gasteiger partial charge in [-0.1, -0.05) is 158 Å². The smallest absolute Gasteiger partial charge is 0.305 e. The molecular formula is C49H50N4O4S. The van der Waals surface area contributed by atoms with Crippen LogP contribution in [0.4, 0.5) is 5.82 Å². The van der Waals surface area contributed by atoms with Gasteiger partial charge in [0.25, 0.3) is 0 Å². The molecule has 296 valence electrons. The lowest BCUT2D eigenvalue weighted by atomic mass is 9.84. The van der Waals surface area contributed by atoms with Crippen LogP contribution in [0.5, 0.6) is 0 Å². The predicted molar refractivity (Wildman–Crippen MR) is 234 cm³/mol. The molecule has 0 saturated heterocycles. The summed E-state index contributed by atoms with van der Waals surface area (Å²) in [5, 5.41) is 19.3. The molecule has 9 heteroatoms. The molecule has 58 heavy (non-hydrogen) atoms. The number of nitrogens with one attached hydrogen (secondary N) is 3. The summed E-state index contributed by atoms with van der Waals surface area (Å²) in [4.78, 5) is 44.2. The second kappa shape index (κ2) is 21.4. The Morgan fingerprint density at radius 3 is 1.72 bits per heavy atom. The largest absolute Gasteiger partial charge is 0.481 e. The summed E-state index contributed by atoms with van der Waals surface area (Å²) in [6, 6.07) is 52.5. The van der Waals surface area contributed by atoms with Crippen molar-refractivity contribution in [2.24, 2.45) is 0 Å². The van der Waals surface area contributed by atoms with Gasteiger partial charge in [-0.15, -0.1) is 11.8 Å². The average Bonchev–Trinajstić information content (AvgIpc) is 3.27. The number of hydrogen-bond acceptors (Lipinski definition) is 6. The van der Waals surface area contributed by atoms with E-state index >= 15 is 0 Å². The van der Waals surface area contributed by atoms with E-state index in [0.717, 1.165) is 53.0 Å². The molecule has 0 aliphatic heterocycles. The number of rotatable bonds is 21. The number of unbranched alkanes of at least 4 members (excludes halogenated alkanes) is 2. The number of thioether (sulfide) groups is 1. The summed E-state index contributed by atoms with van der Waals surface area (Å²) in [5.74, 6) is -0.353. The van der Waals surface area contributed by atoms with Gasteiger partial charge in [-0.2, -0.15) is 0 Å². The molecule has 0 spiro atoms. The van der Waals surface area contributed by atoms with Gasteiger partial charge < -0.3 is 21.1 Å². The zero-order valence-electron chi connectivity index (χ0n) is 32.5. The maximum absolute atomic E-state index is 14.3. The van der Waals surface area contributed by atoms with E-state index < -0.39 is 28.7 Å². The Bertz CT molecular complexity index is 2060. The van der Waals surface area contributed by atoms with Crippen LogP contribution in [-0.2, 0) is 19.1 Å². The van der Waals surface area contributed by atoms with Gasteiger partial charge in [0.2, 0.25) is 11.8 Å². The number of carboxylic acid groups (broad SMARTS) is 1. The van der Waals surface area contributed by atoms with E-state index in [1.54, 1.807) is 18.0 Å². The normalized spacial score (nSPS) is 12.2. The summed E-state index contributed by atoms with van der Waals surface area (Å²) < 4.78 is -0.607. The van der Waals surface area contributed by atoms with Gasteiger partial charge in [0.1, 0.15) is 11.9 Å². The van der Waals surface area contributed by atoms with Crippen LogP contribution in [0.3, 0.4) is 0 Å². The van der Waals surface area contributed by atoms with Gasteiger partial charge >= 0.3 is 5.97 Å². The molecule has 0 radical (unpaired) electrons. The van der Waals surface area contributed by atoms with Gasteiger partial charge in [-0.25, -0.2) is 4.98 Å². The second-order valence-electron chi connectivity index (χ2n) is 14.1. The Morgan fingerprint density at radius 1 is 0.621 bits per heavy atom. The number of aromatic nitrogens is 1. The molecule has 0 saturated carbocycles. The van der Waals surface area contributed by atoms with Gasteiger partial charge in [0.05, 0.1) is 17.2 Å². The minimum absolute atomic E-state index is 0.217. The molecule has 8 nitrogen and oxygen atoms in total. The van der Waals surface area contributed by atoms with Crippen LogP contribution in [0.25, 0.3) is 11.1 Å². The number of amides is 2. The average molecular weight is 791 g/mol. The van der Waals surface area contributed by atoms with Gasteiger partial charge in [-0.05, 0) is 70.5 Å². The quantitative estimate of drug-likeness (QED) is 0.0424. The molecule has 0 aliphatic rings. The van der Waals surface area contributed by atoms with Crippen molar-refractivity contribution < 1.29 is 19.5 Å². The SMILES string of the molecule is O=C(O)CC(NC(=O)[C@H](CCSC(c1ccccc1)(c1ccccc1)c1ccccc1)NC(=O)CCCCCNc1ccccn1)c1ccc(-c2ccccc2)cc1. The molecule has 6 rings (SSSR count). The number of carboxylic acids is 1. The van der Waals surface area contributed by atoms with E-state index in [2.05, 4.69) is 57.3 Å². The van der Waals surface area contributed by atoms with Crippen molar-refractivity contribution in [2.75, 3.05) is 17.6 Å². The molecule has 0 fully saturated rings. The Hall–Kier alpha value is -6.19. The van der Waals surface area contributed by atoms with Crippen LogP contribution in [-0.4, -0.2) is 46.2 Å². The van der Waals surface area contributed by atoms with Crippen molar-refractivity contribution >= 4 is 35.4 Å². The molecule has 0 bridgehead atoms. The predicted octanol–water partition coefficient (Wildman–Crippen LogP) is 9.65. The van der Waals surface area contributed by atoms with E-state index in [1.807, 2.05) is 127 Å². The fourth-order valence-electron chi connectivity index (χ4n) is 7.14. The molecular weight excluding hydrogens is 741 g/mol. The van der Waals surface area contributed by atoms with Crippen LogP contribution in [0.2, 0.25) is 0 Å². The Morgan fingerprint density at radius 2 is 1.17 bits per heavy atom. The maximum atomic E-state index is 14.3. The van der Waals surface area contributed by atoms with Crippen LogP contribution < -0.4 is 16.0 Å². The first-order chi connectivity index (χ1) is 28.4. The highest BCUT2D eigenvalue weighted by atomic mass is 32.2. The van der Waals surface area contributed by atoms with E-state index in [1.165, 1.54) is 0 Å². The maximum Gasteiger partial charge on any atom is 0.305 e. The molecule has 0 aliphatic carbocycles. The van der Waals surface area contributed by atoms with E-state index in [-0.39, 0.29) is 18.7 Å². The Balaban J connectivity index is 1.20. The van der Waals surface area contributed by atoms with Crippen molar-refractivity contribution in [3.63, 3.8) is 0 Å². The number of carbonyl (C=O) groups excluding carboxylic acids is 2. The van der Waals surface area contributed by atoms with Gasteiger partial charge in [0.15, 0.2) is 0 Å². The molecule has 4 N–H and O–H groups in total. The third-order valence-electron chi connectivity index (χ3n) is 10.1. The molecule has 1 aromatic heterocycles. The standard InChI is InChI=1S/C49H50N4O4S/c54-46(27-14-5-16-33-50-45-26-15-17-34-51-45)52-43(48(57)53-44(36-47(55)56)39-30-28-38(29-31-39)37-18-6-1-7-19-37)32-35-58-49(40-20-8-2-9-21-40,41-22-10-3-11-23-41)42-24-12-4-13-25-42/h1-4,6-13,15,17-26,28-31,34,43-44H,5,14,16,27,32-33,35-36H2,(H,50,51)(H,52,54)(H,53,57)(H,55,56)/t43-,44?/m0/s1. The van der Waals surface area contributed by atoms with Crippen molar-refractivity contribution in [3.8, 4) is 11.1 Å². The van der Waals surface area contributed by atoms with Gasteiger partial charge in [-0.3, -0.25) is 14.4 Å². The highest BCUT2D eigenvalue weighted by Crippen LogP contribution is 2.48. The number of aliphatic carboxylic acids is 1. The summed E-state index contributed by atoms with van der Waals surface area (Å²) in [7, 11) is 0. The topological polar surface area (TPSA) is 120 Å². The van der Waals surface area contributed by atoms with Crippen molar-refractivity contribution in [1.82, 2.24) is 15.6 Å². The number of nitrogens with zero attached hydrogens (tertiary/aromatic N) is 1. The first-order valence-corrected chi connectivity index (χ1v) is 20.8. The van der Waals surface area contributed by atoms with Crippen molar-refractivity contribution in [3.05, 3.63) is 192 Å². The molecule has 6 aromatic rings. The van der Waals surface area contributed by atoms with Gasteiger partial charge in [0, 0.05) is 19.2 Å². The van der Waals surface area contributed by atoms with Crippen LogP contribution in [0.15, 0.2) is 170 Å². The third-order valence-corrected chi connectivity index (χ3v) is 11.7. The van der Waals surface area contributed by atoms with Crippen LogP contribution >= 0.6 is 11.8 Å². The number of pyridine rings is 1. The monoisotopic (exact) mass is 790 g/mol. The second-order valence-corrected chi connectivity index (χ2v) is 15.4. The molecule has 2 amide bonds. The lowest BCUT2D eigenvalue weighted by molar-refractivity contribution is -0.138. The molecule has 2 atom stereocenters. The lowest BCUT2D eigenvalue weighted by Gasteiger charge is -2.36. The molecule has 1 heterocycles. The first-order valence-electron chi connectivity index (χ1n) is 19.8.